The molecule has 16 atom stereocenters. The maximum absolute atomic E-state index is 12.4. The van der Waals surface area contributed by atoms with Crippen LogP contribution >= 0.6 is 0 Å². The first kappa shape index (κ1) is 26.8. The summed E-state index contributed by atoms with van der Waals surface area (Å²) in [7, 11) is 0. The molecule has 43 heavy (non-hydrogen) atoms. The fraction of sp³-hybridized carbons (Fsp3) is 0.800. The molecular formula is C30H34O13. The van der Waals surface area contributed by atoms with Crippen molar-refractivity contribution >= 4 is 23.9 Å². The first-order chi connectivity index (χ1) is 19.9. The minimum atomic E-state index is -1.47. The summed E-state index contributed by atoms with van der Waals surface area (Å²) < 4.78 is 33.2. The van der Waals surface area contributed by atoms with Crippen LogP contribution in [-0.2, 0) is 47.6 Å². The molecule has 4 bridgehead atoms. The van der Waals surface area contributed by atoms with Gasteiger partial charge in [-0.05, 0) is 34.6 Å². The zero-order chi connectivity index (χ0) is 30.8. The summed E-state index contributed by atoms with van der Waals surface area (Å²) in [6.45, 7) is 12.5. The molecule has 4 aliphatic carbocycles. The molecule has 0 aromatic rings. The molecule has 3 N–H and O–H groups in total. The summed E-state index contributed by atoms with van der Waals surface area (Å²) in [4.78, 5) is 49.4. The highest BCUT2D eigenvalue weighted by atomic mass is 16.7. The maximum Gasteiger partial charge on any atom is 0.342 e. The number of ether oxygens (including phenoxy) is 6. The Morgan fingerprint density at radius 3 is 1.72 bits per heavy atom. The topological polar surface area (TPSA) is 191 Å². The quantitative estimate of drug-likeness (QED) is 0.152. The average Bonchev–Trinajstić information content (AvgIpc) is 3.58. The number of hydrogen-bond acceptors (Lipinski definition) is 13. The van der Waals surface area contributed by atoms with Crippen LogP contribution in [-0.4, -0.2) is 104 Å². The maximum atomic E-state index is 12.4. The van der Waals surface area contributed by atoms with Crippen molar-refractivity contribution in [1.29, 1.82) is 0 Å². The van der Waals surface area contributed by atoms with E-state index in [4.69, 9.17) is 28.4 Å². The second-order valence-electron chi connectivity index (χ2n) is 15.3. The average molecular weight is 603 g/mol. The van der Waals surface area contributed by atoms with E-state index >= 15 is 0 Å². The number of esters is 4. The molecule has 10 rings (SSSR count). The number of fused-ring (bicyclic) bond motifs is 8. The first-order valence-electron chi connectivity index (χ1n) is 14.9. The van der Waals surface area contributed by atoms with Gasteiger partial charge in [-0.3, -0.25) is 9.59 Å². The Morgan fingerprint density at radius 1 is 0.791 bits per heavy atom. The third kappa shape index (κ3) is 2.29. The monoisotopic (exact) mass is 602 g/mol. The van der Waals surface area contributed by atoms with E-state index in [-0.39, 0.29) is 24.9 Å². The lowest BCUT2D eigenvalue weighted by atomic mass is 9.52. The third-order valence-corrected chi connectivity index (χ3v) is 13.4. The Balaban J connectivity index is 0.000000121. The molecule has 6 heterocycles. The minimum absolute atomic E-state index is 0.189. The van der Waals surface area contributed by atoms with Gasteiger partial charge in [0.2, 0.25) is 11.2 Å². The van der Waals surface area contributed by atoms with Gasteiger partial charge in [0.15, 0.2) is 12.2 Å². The molecule has 10 aliphatic rings. The van der Waals surface area contributed by atoms with Gasteiger partial charge < -0.3 is 43.7 Å². The van der Waals surface area contributed by atoms with Crippen molar-refractivity contribution < 1.29 is 62.9 Å². The molecule has 232 valence electrons. The first-order valence-corrected chi connectivity index (χ1v) is 14.9. The van der Waals surface area contributed by atoms with Crippen molar-refractivity contribution in [3.05, 3.63) is 12.2 Å². The van der Waals surface area contributed by atoms with Gasteiger partial charge in [-0.15, -0.1) is 0 Å². The van der Waals surface area contributed by atoms with Crippen LogP contribution in [0.3, 0.4) is 0 Å². The molecule has 6 saturated heterocycles. The van der Waals surface area contributed by atoms with Crippen LogP contribution in [0.15, 0.2) is 12.2 Å². The van der Waals surface area contributed by atoms with Crippen LogP contribution < -0.4 is 0 Å². The number of carbonyl (C=O) groups is 4. The SMILES string of the molecule is C=C(C)[C@H]1[C@@H]2OC(=O)[C@H]1[C@]1(O)C[C@H]3O[C@]34C(=O)O[C@H]2[C@]14C.CC(C)(O)[C@H]1[C@@H]2OC(=O)[C@H]1[C@]1(O)C[C@H]3O[C@]34C(=O)O[C@H]2[C@]14C. The summed E-state index contributed by atoms with van der Waals surface area (Å²) in [5, 5.41) is 33.3. The molecule has 10 fully saturated rings. The van der Waals surface area contributed by atoms with Crippen LogP contribution in [0.5, 0.6) is 0 Å². The van der Waals surface area contributed by atoms with Crippen LogP contribution in [0.2, 0.25) is 0 Å². The molecule has 0 radical (unpaired) electrons. The second kappa shape index (κ2) is 6.81. The zero-order valence-electron chi connectivity index (χ0n) is 24.3. The lowest BCUT2D eigenvalue weighted by Gasteiger charge is -2.53. The van der Waals surface area contributed by atoms with E-state index in [1.807, 2.05) is 6.92 Å². The Labute approximate surface area is 245 Å². The standard InChI is InChI=1S/C15H18O7.C15H16O6/c1-12(2,18)6-7-10(16)20-8(6)9-13(3)14(7,19)4-5-15(13,22-5)11(17)21-9;1-5(2)7-8-11(16)19-9(7)10-13(3)14(8,18)4-6-15(13,21-6)12(17)20-10/h5-9,18-19H,4H2,1-3H3;6-10,18H,1,4H2,2-3H3/t5-,6-,7+,8+,9-,13-,14-,15+;6-,7-,8+,9+,10-,13-,14-,15+/m11/s1. The highest BCUT2D eigenvalue weighted by molar-refractivity contribution is 5.92. The van der Waals surface area contributed by atoms with Crippen LogP contribution in [0.1, 0.15) is 47.5 Å². The predicted molar refractivity (Wildman–Crippen MR) is 135 cm³/mol. The largest absolute Gasteiger partial charge is 0.458 e. The van der Waals surface area contributed by atoms with E-state index in [1.165, 1.54) is 0 Å². The molecule has 4 saturated carbocycles. The highest BCUT2D eigenvalue weighted by Gasteiger charge is 2.97. The normalized spacial score (nSPS) is 61.3. The van der Waals surface area contributed by atoms with Crippen molar-refractivity contribution in [1.82, 2.24) is 0 Å². The number of aliphatic hydroxyl groups is 3. The summed E-state index contributed by atoms with van der Waals surface area (Å²) in [6.07, 6.45) is -3.12. The molecule has 13 nitrogen and oxygen atoms in total. The number of epoxide rings is 2. The van der Waals surface area contributed by atoms with E-state index in [0.29, 0.717) is 0 Å². The molecule has 0 amide bonds. The van der Waals surface area contributed by atoms with E-state index in [1.54, 1.807) is 27.7 Å². The number of carbonyl (C=O) groups excluding carboxylic acids is 4. The summed E-state index contributed by atoms with van der Waals surface area (Å²) in [6, 6.07) is 0. The number of hydrogen-bond donors (Lipinski definition) is 3. The van der Waals surface area contributed by atoms with Crippen LogP contribution in [0.4, 0.5) is 0 Å². The molecule has 13 heteroatoms. The Bertz CT molecular complexity index is 1500. The van der Waals surface area contributed by atoms with Gasteiger partial charge in [-0.1, -0.05) is 12.2 Å². The van der Waals surface area contributed by atoms with E-state index in [9.17, 15) is 34.5 Å². The molecule has 6 aliphatic heterocycles. The lowest BCUT2D eigenvalue weighted by Crippen LogP contribution is -2.68. The van der Waals surface area contributed by atoms with Crippen molar-refractivity contribution in [2.45, 2.75) is 112 Å². The Hall–Kier alpha value is -2.58. The fourth-order valence-electron chi connectivity index (χ4n) is 11.4. The smallest absolute Gasteiger partial charge is 0.342 e. The third-order valence-electron chi connectivity index (χ3n) is 13.4. The fourth-order valence-corrected chi connectivity index (χ4v) is 11.4. The number of rotatable bonds is 2. The van der Waals surface area contributed by atoms with E-state index in [2.05, 4.69) is 6.58 Å². The molecule has 2 spiro atoms. The predicted octanol–water partition coefficient (Wildman–Crippen LogP) is -0.929. The van der Waals surface area contributed by atoms with Gasteiger partial charge in [-0.2, -0.15) is 0 Å². The van der Waals surface area contributed by atoms with Crippen LogP contribution in [0.25, 0.3) is 0 Å². The van der Waals surface area contributed by atoms with Gasteiger partial charge in [-0.25, -0.2) is 9.59 Å². The molecule has 0 unspecified atom stereocenters. The Morgan fingerprint density at radius 2 is 1.23 bits per heavy atom. The molecular weight excluding hydrogens is 568 g/mol. The van der Waals surface area contributed by atoms with Crippen molar-refractivity contribution in [3.8, 4) is 0 Å². The minimum Gasteiger partial charge on any atom is -0.458 e. The lowest BCUT2D eigenvalue weighted by molar-refractivity contribution is -0.223. The van der Waals surface area contributed by atoms with E-state index in [0.717, 1.165) is 5.57 Å². The highest BCUT2D eigenvalue weighted by Crippen LogP contribution is 2.78. The van der Waals surface area contributed by atoms with Gasteiger partial charge >= 0.3 is 23.9 Å². The van der Waals surface area contributed by atoms with Gasteiger partial charge in [0.1, 0.15) is 24.4 Å². The van der Waals surface area contributed by atoms with Crippen molar-refractivity contribution in [3.63, 3.8) is 0 Å². The van der Waals surface area contributed by atoms with Gasteiger partial charge in [0.25, 0.3) is 0 Å². The van der Waals surface area contributed by atoms with Crippen molar-refractivity contribution in [2.75, 3.05) is 0 Å². The summed E-state index contributed by atoms with van der Waals surface area (Å²) in [5.74, 6) is -4.37. The zero-order valence-corrected chi connectivity index (χ0v) is 24.3. The van der Waals surface area contributed by atoms with Gasteiger partial charge in [0, 0.05) is 24.7 Å². The summed E-state index contributed by atoms with van der Waals surface area (Å²) in [5.41, 5.74) is -7.49. The van der Waals surface area contributed by atoms with Crippen LogP contribution in [0, 0.1) is 34.5 Å². The molecule has 0 aromatic carbocycles. The van der Waals surface area contributed by atoms with Gasteiger partial charge in [0.05, 0.1) is 39.5 Å². The summed E-state index contributed by atoms with van der Waals surface area (Å²) >= 11 is 0. The molecule has 0 aromatic heterocycles. The van der Waals surface area contributed by atoms with E-state index < -0.39 is 111 Å². The Kier molecular flexibility index (Phi) is 4.24. The second-order valence-corrected chi connectivity index (χ2v) is 15.3. The van der Waals surface area contributed by atoms with Crippen molar-refractivity contribution in [2.24, 2.45) is 34.5 Å².